The summed E-state index contributed by atoms with van der Waals surface area (Å²) in [6, 6.07) is 1.78. The summed E-state index contributed by atoms with van der Waals surface area (Å²) in [7, 11) is -4.38. The van der Waals surface area contributed by atoms with Gasteiger partial charge in [-0.25, -0.2) is 8.42 Å². The molecule has 32 heavy (non-hydrogen) atoms. The molecule has 1 aliphatic rings. The number of carboxylic acids is 1. The quantitative estimate of drug-likeness (QED) is 0.599. The summed E-state index contributed by atoms with van der Waals surface area (Å²) in [5.41, 5.74) is 0. The first kappa shape index (κ1) is 23.4. The van der Waals surface area contributed by atoms with Gasteiger partial charge in [-0.3, -0.25) is 9.59 Å². The lowest BCUT2D eigenvalue weighted by Gasteiger charge is -2.38. The van der Waals surface area contributed by atoms with Gasteiger partial charge in [0.1, 0.15) is 18.3 Å². The Hall–Kier alpha value is -3.27. The van der Waals surface area contributed by atoms with E-state index in [9.17, 15) is 36.3 Å². The van der Waals surface area contributed by atoms with Crippen molar-refractivity contribution in [3.8, 4) is 5.75 Å². The molecule has 0 bridgehead atoms. The maximum atomic E-state index is 12.9. The van der Waals surface area contributed by atoms with E-state index in [-0.39, 0.29) is 19.6 Å². The second-order valence-electron chi connectivity index (χ2n) is 6.70. The number of ether oxygens (including phenoxy) is 1. The SMILES string of the molecule is Cc1nnn(CC(=O)N2CCN(S(=O)(=O)c3ccc(OC(F)(F)F)cc3)[C@@H](C(=O)O)C2)n1. The lowest BCUT2D eigenvalue weighted by atomic mass is 10.2. The van der Waals surface area contributed by atoms with Crippen molar-refractivity contribution in [1.29, 1.82) is 0 Å². The standard InChI is InChI=1S/C16H17F3N6O6S/c1-10-20-22-25(21-10)9-14(26)23-6-7-24(13(8-23)15(27)28)32(29,30)12-4-2-11(3-5-12)31-16(17,18)19/h2-5,13H,6-9H2,1H3,(H,27,28)/t13-/m1/s1. The second kappa shape index (κ2) is 8.70. The van der Waals surface area contributed by atoms with Crippen LogP contribution in [0.15, 0.2) is 29.2 Å². The van der Waals surface area contributed by atoms with E-state index in [0.29, 0.717) is 10.1 Å². The number of benzene rings is 1. The third-order valence-electron chi connectivity index (χ3n) is 4.46. The highest BCUT2D eigenvalue weighted by atomic mass is 32.2. The number of carbonyl (C=O) groups is 2. The maximum Gasteiger partial charge on any atom is 0.573 e. The van der Waals surface area contributed by atoms with Gasteiger partial charge >= 0.3 is 12.3 Å². The third-order valence-corrected chi connectivity index (χ3v) is 6.38. The van der Waals surface area contributed by atoms with Crippen molar-refractivity contribution in [1.82, 2.24) is 29.4 Å². The predicted molar refractivity (Wildman–Crippen MR) is 97.6 cm³/mol. The number of tetrazole rings is 1. The molecule has 0 spiro atoms. The molecule has 0 saturated carbocycles. The predicted octanol–water partition coefficient (Wildman–Crippen LogP) is -0.134. The van der Waals surface area contributed by atoms with Crippen LogP contribution in [0.5, 0.6) is 5.75 Å². The van der Waals surface area contributed by atoms with Crippen LogP contribution in [0.1, 0.15) is 5.82 Å². The highest BCUT2D eigenvalue weighted by Gasteiger charge is 2.41. The number of aliphatic carboxylic acids is 1. The van der Waals surface area contributed by atoms with Gasteiger partial charge in [0, 0.05) is 19.6 Å². The van der Waals surface area contributed by atoms with Crippen LogP contribution in [0.25, 0.3) is 0 Å². The van der Waals surface area contributed by atoms with Gasteiger partial charge in [-0.05, 0) is 36.4 Å². The number of nitrogens with zero attached hydrogens (tertiary/aromatic N) is 6. The number of aromatic nitrogens is 4. The number of halogens is 3. The highest BCUT2D eigenvalue weighted by Crippen LogP contribution is 2.27. The summed E-state index contributed by atoms with van der Waals surface area (Å²) in [5.74, 6) is -2.31. The van der Waals surface area contributed by atoms with Gasteiger partial charge in [0.15, 0.2) is 5.82 Å². The number of carboxylic acid groups (broad SMARTS) is 1. The van der Waals surface area contributed by atoms with Crippen molar-refractivity contribution >= 4 is 21.9 Å². The minimum Gasteiger partial charge on any atom is -0.480 e. The van der Waals surface area contributed by atoms with Crippen LogP contribution in [0.3, 0.4) is 0 Å². The summed E-state index contributed by atoms with van der Waals surface area (Å²) in [5, 5.41) is 20.7. The normalized spacial score (nSPS) is 17.9. The number of alkyl halides is 3. The molecule has 12 nitrogen and oxygen atoms in total. The number of piperazine rings is 1. The molecule has 0 unspecified atom stereocenters. The average molecular weight is 478 g/mol. The summed E-state index contributed by atoms with van der Waals surface area (Å²) < 4.78 is 67.1. The van der Waals surface area contributed by atoms with Crippen molar-refractivity contribution < 1.29 is 41.0 Å². The van der Waals surface area contributed by atoms with E-state index < -0.39 is 51.5 Å². The number of sulfonamides is 1. The second-order valence-corrected chi connectivity index (χ2v) is 8.59. The molecule has 3 rings (SSSR count). The van der Waals surface area contributed by atoms with Crippen LogP contribution in [0.4, 0.5) is 13.2 Å². The van der Waals surface area contributed by atoms with E-state index in [4.69, 9.17) is 0 Å². The Morgan fingerprint density at radius 2 is 1.88 bits per heavy atom. The molecule has 1 fully saturated rings. The van der Waals surface area contributed by atoms with E-state index >= 15 is 0 Å². The van der Waals surface area contributed by atoms with Crippen LogP contribution in [-0.2, 0) is 26.2 Å². The van der Waals surface area contributed by atoms with Crippen molar-refractivity contribution in [3.63, 3.8) is 0 Å². The van der Waals surface area contributed by atoms with Crippen molar-refractivity contribution in [2.75, 3.05) is 19.6 Å². The molecule has 2 aromatic rings. The molecule has 1 aromatic heterocycles. The van der Waals surface area contributed by atoms with E-state index in [1.54, 1.807) is 6.92 Å². The van der Waals surface area contributed by atoms with E-state index in [1.165, 1.54) is 4.90 Å². The highest BCUT2D eigenvalue weighted by molar-refractivity contribution is 7.89. The van der Waals surface area contributed by atoms with Crippen LogP contribution in [-0.4, -0.2) is 86.9 Å². The van der Waals surface area contributed by atoms with Crippen LogP contribution < -0.4 is 4.74 Å². The first-order valence-corrected chi connectivity index (χ1v) is 10.4. The number of hydrogen-bond acceptors (Lipinski definition) is 8. The van der Waals surface area contributed by atoms with Crippen molar-refractivity contribution in [2.45, 2.75) is 30.8 Å². The zero-order valence-corrected chi connectivity index (χ0v) is 17.2. The van der Waals surface area contributed by atoms with Crippen LogP contribution in [0, 0.1) is 6.92 Å². The molecule has 1 atom stereocenters. The maximum absolute atomic E-state index is 12.9. The minimum atomic E-state index is -4.95. The van der Waals surface area contributed by atoms with Crippen LogP contribution >= 0.6 is 0 Å². The Labute approximate surface area is 179 Å². The first-order chi connectivity index (χ1) is 14.9. The van der Waals surface area contributed by atoms with Gasteiger partial charge in [-0.15, -0.1) is 23.4 Å². The number of amides is 1. The van der Waals surface area contributed by atoms with E-state index in [0.717, 1.165) is 29.1 Å². The zero-order valence-electron chi connectivity index (χ0n) is 16.4. The Balaban J connectivity index is 1.75. The Morgan fingerprint density at radius 1 is 1.22 bits per heavy atom. The van der Waals surface area contributed by atoms with E-state index in [1.807, 2.05) is 0 Å². The van der Waals surface area contributed by atoms with Crippen LogP contribution in [0.2, 0.25) is 0 Å². The van der Waals surface area contributed by atoms with Gasteiger partial charge in [0.2, 0.25) is 15.9 Å². The number of rotatable bonds is 6. The Morgan fingerprint density at radius 3 is 2.41 bits per heavy atom. The fourth-order valence-electron chi connectivity index (χ4n) is 3.04. The molecule has 2 heterocycles. The van der Waals surface area contributed by atoms with Gasteiger partial charge in [0.25, 0.3) is 0 Å². The summed E-state index contributed by atoms with van der Waals surface area (Å²) in [6.07, 6.45) is -4.95. The van der Waals surface area contributed by atoms with Gasteiger partial charge in [-0.2, -0.15) is 9.10 Å². The van der Waals surface area contributed by atoms with E-state index in [2.05, 4.69) is 20.1 Å². The fourth-order valence-corrected chi connectivity index (χ4v) is 4.61. The zero-order chi connectivity index (χ0) is 23.7. The molecule has 0 radical (unpaired) electrons. The fraction of sp³-hybridized carbons (Fsp3) is 0.438. The van der Waals surface area contributed by atoms with Crippen molar-refractivity contribution in [2.24, 2.45) is 0 Å². The number of carbonyl (C=O) groups excluding carboxylic acids is 1. The molecule has 1 aromatic carbocycles. The lowest BCUT2D eigenvalue weighted by Crippen LogP contribution is -2.59. The largest absolute Gasteiger partial charge is 0.573 e. The summed E-state index contributed by atoms with van der Waals surface area (Å²) in [4.78, 5) is 26.0. The van der Waals surface area contributed by atoms with Gasteiger partial charge in [-0.1, -0.05) is 0 Å². The summed E-state index contributed by atoms with van der Waals surface area (Å²) in [6.45, 7) is 0.386. The minimum absolute atomic E-state index is 0.106. The molecule has 1 N–H and O–H groups in total. The first-order valence-electron chi connectivity index (χ1n) is 8.99. The smallest absolute Gasteiger partial charge is 0.480 e. The molecular weight excluding hydrogens is 461 g/mol. The molecule has 1 saturated heterocycles. The Kier molecular flexibility index (Phi) is 6.36. The van der Waals surface area contributed by atoms with Gasteiger partial charge in [0.05, 0.1) is 4.90 Å². The molecule has 1 amide bonds. The molecule has 16 heteroatoms. The topological polar surface area (TPSA) is 148 Å². The molecular formula is C16H17F3N6O6S. The van der Waals surface area contributed by atoms with Gasteiger partial charge < -0.3 is 14.7 Å². The third kappa shape index (κ3) is 5.31. The summed E-state index contributed by atoms with van der Waals surface area (Å²) >= 11 is 0. The average Bonchev–Trinajstić information content (AvgIpc) is 3.11. The Bertz CT molecular complexity index is 1100. The lowest BCUT2D eigenvalue weighted by molar-refractivity contribution is -0.274. The number of aryl methyl sites for hydroxylation is 1. The monoisotopic (exact) mass is 478 g/mol. The molecule has 174 valence electrons. The molecule has 1 aliphatic heterocycles. The number of hydrogen-bond donors (Lipinski definition) is 1. The molecule has 0 aliphatic carbocycles. The van der Waals surface area contributed by atoms with Crippen molar-refractivity contribution in [3.05, 3.63) is 30.1 Å².